The second kappa shape index (κ2) is 7.95. The van der Waals surface area contributed by atoms with Crippen molar-refractivity contribution in [3.63, 3.8) is 0 Å². The number of halogens is 2. The standard InChI is InChI=1S/C18H11Cl2NO4S/c19-12-6-5-10(7-13(12)20)8-16(22)25-14-4-2-1-3-11(14)9-15-17(23)21-18(24)26-15/h1-7,9H,8H2,(H,21,23,24)/b15-9+. The zero-order valence-electron chi connectivity index (χ0n) is 13.1. The first kappa shape index (κ1) is 18.5. The van der Waals surface area contributed by atoms with Crippen LogP contribution in [-0.2, 0) is 16.0 Å². The lowest BCUT2D eigenvalue weighted by Gasteiger charge is -2.08. The van der Waals surface area contributed by atoms with E-state index >= 15 is 0 Å². The van der Waals surface area contributed by atoms with Gasteiger partial charge in [-0.05, 0) is 41.6 Å². The number of esters is 1. The molecule has 0 spiro atoms. The molecule has 2 aromatic carbocycles. The van der Waals surface area contributed by atoms with Gasteiger partial charge in [0, 0.05) is 5.56 Å². The molecule has 2 amide bonds. The van der Waals surface area contributed by atoms with Gasteiger partial charge in [0.05, 0.1) is 21.4 Å². The van der Waals surface area contributed by atoms with Crippen LogP contribution in [0.15, 0.2) is 47.4 Å². The van der Waals surface area contributed by atoms with Crippen molar-refractivity contribution in [2.75, 3.05) is 0 Å². The molecule has 0 radical (unpaired) electrons. The fourth-order valence-corrected chi connectivity index (χ4v) is 3.22. The Kier molecular flexibility index (Phi) is 5.66. The number of nitrogens with one attached hydrogen (secondary N) is 1. The number of imide groups is 1. The van der Waals surface area contributed by atoms with Crippen molar-refractivity contribution in [2.45, 2.75) is 6.42 Å². The van der Waals surface area contributed by atoms with E-state index < -0.39 is 17.1 Å². The summed E-state index contributed by atoms with van der Waals surface area (Å²) in [6.07, 6.45) is 1.52. The fraction of sp³-hybridized carbons (Fsp3) is 0.0556. The van der Waals surface area contributed by atoms with E-state index in [0.717, 1.165) is 11.8 Å². The van der Waals surface area contributed by atoms with Crippen LogP contribution in [-0.4, -0.2) is 17.1 Å². The lowest BCUT2D eigenvalue weighted by Crippen LogP contribution is -2.17. The average Bonchev–Trinajstić information content (AvgIpc) is 2.90. The largest absolute Gasteiger partial charge is 0.426 e. The van der Waals surface area contributed by atoms with Gasteiger partial charge in [-0.25, -0.2) is 0 Å². The molecule has 8 heteroatoms. The van der Waals surface area contributed by atoms with Crippen LogP contribution < -0.4 is 10.1 Å². The van der Waals surface area contributed by atoms with Gasteiger partial charge in [0.1, 0.15) is 5.75 Å². The number of carbonyl (C=O) groups excluding carboxylic acids is 3. The number of amides is 2. The predicted molar refractivity (Wildman–Crippen MR) is 101 cm³/mol. The number of carbonyl (C=O) groups is 3. The Bertz CT molecular complexity index is 943. The molecule has 0 bridgehead atoms. The maximum atomic E-state index is 12.2. The summed E-state index contributed by atoms with van der Waals surface area (Å²) in [6.45, 7) is 0. The summed E-state index contributed by atoms with van der Waals surface area (Å²) in [7, 11) is 0. The minimum Gasteiger partial charge on any atom is -0.426 e. The van der Waals surface area contributed by atoms with Crippen LogP contribution in [0.3, 0.4) is 0 Å². The first-order valence-electron chi connectivity index (χ1n) is 7.41. The number of hydrogen-bond acceptors (Lipinski definition) is 5. The molecule has 0 saturated carbocycles. The summed E-state index contributed by atoms with van der Waals surface area (Å²) in [5, 5.41) is 2.50. The van der Waals surface area contributed by atoms with Gasteiger partial charge >= 0.3 is 5.97 Å². The first-order valence-corrected chi connectivity index (χ1v) is 8.98. The smallest absolute Gasteiger partial charge is 0.315 e. The SMILES string of the molecule is O=C(Cc1ccc(Cl)c(Cl)c1)Oc1ccccc1/C=C1/SC(=O)NC1=O. The minimum absolute atomic E-state index is 0.00944. The van der Waals surface area contributed by atoms with E-state index in [4.69, 9.17) is 27.9 Å². The van der Waals surface area contributed by atoms with Crippen LogP contribution in [0, 0.1) is 0 Å². The molecule has 1 saturated heterocycles. The zero-order chi connectivity index (χ0) is 18.7. The molecule has 132 valence electrons. The second-order valence-corrected chi connectivity index (χ2v) is 7.12. The topological polar surface area (TPSA) is 72.5 Å². The fourth-order valence-electron chi connectivity index (χ4n) is 2.23. The first-order chi connectivity index (χ1) is 12.4. The summed E-state index contributed by atoms with van der Waals surface area (Å²) in [4.78, 5) is 35.4. The Hall–Kier alpha value is -2.28. The highest BCUT2D eigenvalue weighted by Crippen LogP contribution is 2.29. The van der Waals surface area contributed by atoms with Crippen LogP contribution >= 0.6 is 35.0 Å². The highest BCUT2D eigenvalue weighted by molar-refractivity contribution is 8.18. The normalized spacial score (nSPS) is 15.2. The number of ether oxygens (including phenoxy) is 1. The maximum absolute atomic E-state index is 12.2. The number of benzene rings is 2. The Morgan fingerprint density at radius 3 is 2.58 bits per heavy atom. The third-order valence-electron chi connectivity index (χ3n) is 3.40. The quantitative estimate of drug-likeness (QED) is 0.459. The van der Waals surface area contributed by atoms with Crippen molar-refractivity contribution < 1.29 is 19.1 Å². The van der Waals surface area contributed by atoms with Crippen molar-refractivity contribution >= 4 is 58.2 Å². The van der Waals surface area contributed by atoms with Crippen molar-refractivity contribution in [3.05, 3.63) is 68.5 Å². The molecule has 0 aromatic heterocycles. The van der Waals surface area contributed by atoms with Crippen molar-refractivity contribution in [3.8, 4) is 5.75 Å². The highest BCUT2D eigenvalue weighted by atomic mass is 35.5. The zero-order valence-corrected chi connectivity index (χ0v) is 15.5. The van der Waals surface area contributed by atoms with Crippen LogP contribution in [0.5, 0.6) is 5.75 Å². The van der Waals surface area contributed by atoms with Gasteiger partial charge in [0.2, 0.25) is 0 Å². The Morgan fingerprint density at radius 2 is 1.88 bits per heavy atom. The van der Waals surface area contributed by atoms with Gasteiger partial charge < -0.3 is 4.74 Å². The number of rotatable bonds is 4. The molecule has 0 aliphatic carbocycles. The van der Waals surface area contributed by atoms with Crippen LogP contribution in [0.2, 0.25) is 10.0 Å². The molecule has 2 aromatic rings. The summed E-state index contributed by atoms with van der Waals surface area (Å²) in [6, 6.07) is 11.6. The average molecular weight is 408 g/mol. The van der Waals surface area contributed by atoms with Crippen molar-refractivity contribution in [1.29, 1.82) is 0 Å². The molecule has 1 aliphatic heterocycles. The van der Waals surface area contributed by atoms with Crippen molar-refractivity contribution in [2.24, 2.45) is 0 Å². The predicted octanol–water partition coefficient (Wildman–Crippen LogP) is 4.47. The van der Waals surface area contributed by atoms with E-state index in [-0.39, 0.29) is 17.1 Å². The molecule has 1 fully saturated rings. The molecular formula is C18H11Cl2NO4S. The van der Waals surface area contributed by atoms with Crippen molar-refractivity contribution in [1.82, 2.24) is 5.32 Å². The molecular weight excluding hydrogens is 397 g/mol. The third kappa shape index (κ3) is 4.46. The van der Waals surface area contributed by atoms with Gasteiger partial charge in [-0.3, -0.25) is 19.7 Å². The van der Waals surface area contributed by atoms with Gasteiger partial charge in [0.25, 0.3) is 11.1 Å². The second-order valence-electron chi connectivity index (χ2n) is 5.29. The lowest BCUT2D eigenvalue weighted by molar-refractivity contribution is -0.133. The highest BCUT2D eigenvalue weighted by Gasteiger charge is 2.25. The number of hydrogen-bond donors (Lipinski definition) is 1. The molecule has 5 nitrogen and oxygen atoms in total. The van der Waals surface area contributed by atoms with Gasteiger partial charge in [-0.15, -0.1) is 0 Å². The monoisotopic (exact) mass is 407 g/mol. The van der Waals surface area contributed by atoms with E-state index in [1.165, 1.54) is 6.08 Å². The summed E-state index contributed by atoms with van der Waals surface area (Å²) in [5.41, 5.74) is 1.18. The third-order valence-corrected chi connectivity index (χ3v) is 4.95. The summed E-state index contributed by atoms with van der Waals surface area (Å²) >= 11 is 12.6. The molecule has 26 heavy (non-hydrogen) atoms. The molecule has 1 aliphatic rings. The van der Waals surface area contributed by atoms with Gasteiger partial charge in [-0.1, -0.05) is 47.5 Å². The van der Waals surface area contributed by atoms with Crippen LogP contribution in [0.25, 0.3) is 6.08 Å². The lowest BCUT2D eigenvalue weighted by atomic mass is 10.1. The summed E-state index contributed by atoms with van der Waals surface area (Å²) in [5.74, 6) is -0.677. The Balaban J connectivity index is 1.76. The van der Waals surface area contributed by atoms with Crippen LogP contribution in [0.4, 0.5) is 4.79 Å². The molecule has 1 N–H and O–H groups in total. The number of para-hydroxylation sites is 1. The van der Waals surface area contributed by atoms with E-state index in [1.807, 2.05) is 0 Å². The van der Waals surface area contributed by atoms with E-state index in [1.54, 1.807) is 42.5 Å². The molecule has 3 rings (SSSR count). The van der Waals surface area contributed by atoms with E-state index in [2.05, 4.69) is 5.32 Å². The molecule has 0 atom stereocenters. The van der Waals surface area contributed by atoms with E-state index in [0.29, 0.717) is 21.2 Å². The molecule has 1 heterocycles. The maximum Gasteiger partial charge on any atom is 0.315 e. The summed E-state index contributed by atoms with van der Waals surface area (Å²) < 4.78 is 5.41. The van der Waals surface area contributed by atoms with Gasteiger partial charge in [-0.2, -0.15) is 0 Å². The Labute approximate surface area is 163 Å². The van der Waals surface area contributed by atoms with Crippen LogP contribution in [0.1, 0.15) is 11.1 Å². The number of thioether (sulfide) groups is 1. The van der Waals surface area contributed by atoms with E-state index in [9.17, 15) is 14.4 Å². The van der Waals surface area contributed by atoms with Gasteiger partial charge in [0.15, 0.2) is 0 Å². The Morgan fingerprint density at radius 1 is 1.12 bits per heavy atom. The minimum atomic E-state index is -0.492. The molecule has 0 unspecified atom stereocenters.